The molecule has 1 aromatic carbocycles. The molecule has 0 bridgehead atoms. The van der Waals surface area contributed by atoms with Gasteiger partial charge in [0, 0.05) is 11.7 Å². The molecule has 2 rings (SSSR count). The number of halogens is 1. The van der Waals surface area contributed by atoms with Crippen molar-refractivity contribution in [3.05, 3.63) is 28.8 Å². The lowest BCUT2D eigenvalue weighted by Gasteiger charge is -2.15. The minimum Gasteiger partial charge on any atom is -0.327 e. The number of anilines is 1. The van der Waals surface area contributed by atoms with Crippen LogP contribution in [0.15, 0.2) is 18.2 Å². The predicted octanol–water partition coefficient (Wildman–Crippen LogP) is 2.28. The Morgan fingerprint density at radius 3 is 2.83 bits per heavy atom. The van der Waals surface area contributed by atoms with Crippen LogP contribution in [0.4, 0.5) is 5.69 Å². The van der Waals surface area contributed by atoms with Crippen molar-refractivity contribution in [3.8, 4) is 6.07 Å². The normalized spacial score (nSPS) is 22.5. The molecular formula is C13H14ClN3O. The van der Waals surface area contributed by atoms with Crippen molar-refractivity contribution >= 4 is 23.2 Å². The van der Waals surface area contributed by atoms with Crippen molar-refractivity contribution in [2.75, 3.05) is 5.32 Å². The highest BCUT2D eigenvalue weighted by Gasteiger charge is 2.30. The number of nitriles is 1. The zero-order valence-electron chi connectivity index (χ0n) is 9.82. The number of hydrogen-bond acceptors (Lipinski definition) is 3. The van der Waals surface area contributed by atoms with Crippen LogP contribution in [-0.4, -0.2) is 11.9 Å². The third kappa shape index (κ3) is 2.63. The average molecular weight is 264 g/mol. The number of benzene rings is 1. The van der Waals surface area contributed by atoms with Crippen LogP contribution in [0, 0.1) is 17.2 Å². The number of carbonyl (C=O) groups is 1. The maximum absolute atomic E-state index is 12.0. The number of carbonyl (C=O) groups excluding carboxylic acids is 1. The van der Waals surface area contributed by atoms with E-state index in [0.29, 0.717) is 16.3 Å². The molecule has 18 heavy (non-hydrogen) atoms. The average Bonchev–Trinajstić information content (AvgIpc) is 2.76. The highest BCUT2D eigenvalue weighted by Crippen LogP contribution is 2.26. The zero-order valence-corrected chi connectivity index (χ0v) is 10.6. The molecular weight excluding hydrogens is 250 g/mol. The lowest BCUT2D eigenvalue weighted by Crippen LogP contribution is -2.34. The van der Waals surface area contributed by atoms with Gasteiger partial charge in [-0.25, -0.2) is 0 Å². The second-order valence-electron chi connectivity index (χ2n) is 4.50. The van der Waals surface area contributed by atoms with Gasteiger partial charge in [0.05, 0.1) is 16.5 Å². The van der Waals surface area contributed by atoms with E-state index in [4.69, 9.17) is 22.6 Å². The summed E-state index contributed by atoms with van der Waals surface area (Å²) in [5.74, 6) is -0.194. The third-order valence-electron chi connectivity index (χ3n) is 3.26. The molecule has 94 valence electrons. The minimum atomic E-state index is -0.126. The largest absolute Gasteiger partial charge is 0.327 e. The molecule has 1 aliphatic carbocycles. The van der Waals surface area contributed by atoms with Crippen LogP contribution < -0.4 is 11.1 Å². The molecule has 0 heterocycles. The Morgan fingerprint density at radius 2 is 2.28 bits per heavy atom. The molecule has 1 aromatic rings. The second-order valence-corrected chi connectivity index (χ2v) is 4.90. The van der Waals surface area contributed by atoms with Gasteiger partial charge in [-0.1, -0.05) is 18.0 Å². The highest BCUT2D eigenvalue weighted by atomic mass is 35.5. The van der Waals surface area contributed by atoms with Gasteiger partial charge in [-0.15, -0.1) is 0 Å². The van der Waals surface area contributed by atoms with Gasteiger partial charge in [-0.3, -0.25) is 4.79 Å². The number of nitrogens with zero attached hydrogens (tertiary/aromatic N) is 1. The summed E-state index contributed by atoms with van der Waals surface area (Å²) in [5, 5.41) is 11.9. The van der Waals surface area contributed by atoms with Crippen LogP contribution >= 0.6 is 11.6 Å². The highest BCUT2D eigenvalue weighted by molar-refractivity contribution is 6.32. The number of rotatable bonds is 2. The summed E-state index contributed by atoms with van der Waals surface area (Å²) >= 11 is 5.90. The van der Waals surface area contributed by atoms with Crippen molar-refractivity contribution in [1.29, 1.82) is 5.26 Å². The Bertz CT molecular complexity index is 509. The van der Waals surface area contributed by atoms with Crippen molar-refractivity contribution in [2.45, 2.75) is 25.3 Å². The van der Waals surface area contributed by atoms with Crippen molar-refractivity contribution in [1.82, 2.24) is 0 Å². The van der Waals surface area contributed by atoms with Gasteiger partial charge in [0.15, 0.2) is 0 Å². The summed E-state index contributed by atoms with van der Waals surface area (Å²) in [4.78, 5) is 12.0. The van der Waals surface area contributed by atoms with Crippen LogP contribution in [-0.2, 0) is 4.79 Å². The van der Waals surface area contributed by atoms with Gasteiger partial charge in [0.2, 0.25) is 5.91 Å². The summed E-state index contributed by atoms with van der Waals surface area (Å²) in [6, 6.07) is 6.76. The van der Waals surface area contributed by atoms with Gasteiger partial charge < -0.3 is 11.1 Å². The maximum Gasteiger partial charge on any atom is 0.229 e. The monoisotopic (exact) mass is 263 g/mol. The fraction of sp³-hybridized carbons (Fsp3) is 0.385. The summed E-state index contributed by atoms with van der Waals surface area (Å²) in [6.45, 7) is 0. The van der Waals surface area contributed by atoms with Gasteiger partial charge in [0.25, 0.3) is 0 Å². The first kappa shape index (κ1) is 12.9. The fourth-order valence-electron chi connectivity index (χ4n) is 2.23. The predicted molar refractivity (Wildman–Crippen MR) is 70.1 cm³/mol. The molecule has 0 saturated heterocycles. The first-order valence-corrected chi connectivity index (χ1v) is 6.25. The second kappa shape index (κ2) is 5.38. The van der Waals surface area contributed by atoms with E-state index in [9.17, 15) is 4.79 Å². The summed E-state index contributed by atoms with van der Waals surface area (Å²) in [7, 11) is 0. The Labute approximate surface area is 111 Å². The van der Waals surface area contributed by atoms with Crippen LogP contribution in [0.3, 0.4) is 0 Å². The van der Waals surface area contributed by atoms with E-state index in [0.717, 1.165) is 19.3 Å². The molecule has 0 spiro atoms. The first-order chi connectivity index (χ1) is 8.61. The minimum absolute atomic E-state index is 0.0566. The van der Waals surface area contributed by atoms with Crippen molar-refractivity contribution < 1.29 is 4.79 Å². The standard InChI is InChI=1S/C13H14ClN3O/c14-11-6-9(5-4-8(11)7-15)17-13(18)10-2-1-3-12(10)16/h4-6,10,12H,1-3,16H2,(H,17,18). The SMILES string of the molecule is N#Cc1ccc(NC(=O)C2CCCC2N)cc1Cl. The van der Waals surface area contributed by atoms with Gasteiger partial charge in [0.1, 0.15) is 6.07 Å². The molecule has 0 radical (unpaired) electrons. The fourth-order valence-corrected chi connectivity index (χ4v) is 2.46. The molecule has 2 atom stereocenters. The van der Waals surface area contributed by atoms with Crippen molar-refractivity contribution in [3.63, 3.8) is 0 Å². The molecule has 1 amide bonds. The molecule has 5 heteroatoms. The molecule has 1 saturated carbocycles. The Morgan fingerprint density at radius 1 is 1.50 bits per heavy atom. The Balaban J connectivity index is 2.08. The summed E-state index contributed by atoms with van der Waals surface area (Å²) < 4.78 is 0. The molecule has 2 unspecified atom stereocenters. The smallest absolute Gasteiger partial charge is 0.229 e. The van der Waals surface area contributed by atoms with E-state index in [1.54, 1.807) is 18.2 Å². The topological polar surface area (TPSA) is 78.9 Å². The zero-order chi connectivity index (χ0) is 13.1. The van der Waals surface area contributed by atoms with E-state index in [1.807, 2.05) is 6.07 Å². The molecule has 3 N–H and O–H groups in total. The van der Waals surface area contributed by atoms with Crippen molar-refractivity contribution in [2.24, 2.45) is 11.7 Å². The van der Waals surface area contributed by atoms with Crippen LogP contribution in [0.1, 0.15) is 24.8 Å². The van der Waals surface area contributed by atoms with Crippen LogP contribution in [0.25, 0.3) is 0 Å². The lowest BCUT2D eigenvalue weighted by molar-refractivity contribution is -0.120. The first-order valence-electron chi connectivity index (χ1n) is 5.88. The Kier molecular flexibility index (Phi) is 3.85. The summed E-state index contributed by atoms with van der Waals surface area (Å²) in [5.41, 5.74) is 6.87. The maximum atomic E-state index is 12.0. The van der Waals surface area contributed by atoms with E-state index >= 15 is 0 Å². The number of nitrogens with two attached hydrogens (primary N) is 1. The number of hydrogen-bond donors (Lipinski definition) is 2. The number of amides is 1. The molecule has 1 aliphatic rings. The molecule has 4 nitrogen and oxygen atoms in total. The van der Waals surface area contributed by atoms with E-state index in [-0.39, 0.29) is 17.9 Å². The van der Waals surface area contributed by atoms with Crippen LogP contribution in [0.2, 0.25) is 5.02 Å². The Hall–Kier alpha value is -1.57. The molecule has 0 aromatic heterocycles. The van der Waals surface area contributed by atoms with Gasteiger partial charge in [-0.05, 0) is 31.0 Å². The molecule has 0 aliphatic heterocycles. The molecule has 1 fully saturated rings. The van der Waals surface area contributed by atoms with E-state index in [2.05, 4.69) is 5.32 Å². The summed E-state index contributed by atoms with van der Waals surface area (Å²) in [6.07, 6.45) is 2.72. The van der Waals surface area contributed by atoms with E-state index in [1.165, 1.54) is 0 Å². The van der Waals surface area contributed by atoms with Gasteiger partial charge >= 0.3 is 0 Å². The van der Waals surface area contributed by atoms with Crippen LogP contribution in [0.5, 0.6) is 0 Å². The third-order valence-corrected chi connectivity index (χ3v) is 3.58. The van der Waals surface area contributed by atoms with E-state index < -0.39 is 0 Å². The number of nitrogens with one attached hydrogen (secondary N) is 1. The quantitative estimate of drug-likeness (QED) is 0.859. The van der Waals surface area contributed by atoms with Gasteiger partial charge in [-0.2, -0.15) is 5.26 Å². The lowest BCUT2D eigenvalue weighted by atomic mass is 10.0.